The van der Waals surface area contributed by atoms with Crippen molar-refractivity contribution in [2.24, 2.45) is 0 Å². The summed E-state index contributed by atoms with van der Waals surface area (Å²) in [7, 11) is 0. The van der Waals surface area contributed by atoms with E-state index >= 15 is 0 Å². The molecular formula is C21H18FN3O4. The van der Waals surface area contributed by atoms with Crippen LogP contribution in [0.4, 0.5) is 4.39 Å². The van der Waals surface area contributed by atoms with E-state index in [9.17, 15) is 9.18 Å². The van der Waals surface area contributed by atoms with Gasteiger partial charge in [0.15, 0.2) is 17.3 Å². The Hall–Kier alpha value is -3.42. The standard InChI is InChI=1S/C21H18FN3O4/c1-12(13-2-5-16(22)6-3-13)25-10-15(9-19(25)26)20-23-21(29-24-20)14-4-7-17-18(8-14)28-11-27-17/h2-8,12,15H,9-11H2,1H3. The van der Waals surface area contributed by atoms with E-state index in [-0.39, 0.29) is 30.5 Å². The van der Waals surface area contributed by atoms with Crippen molar-refractivity contribution in [1.29, 1.82) is 0 Å². The lowest BCUT2D eigenvalue weighted by Gasteiger charge is -2.25. The van der Waals surface area contributed by atoms with Crippen molar-refractivity contribution >= 4 is 5.91 Å². The number of rotatable bonds is 4. The van der Waals surface area contributed by atoms with E-state index in [0.29, 0.717) is 36.2 Å². The van der Waals surface area contributed by atoms with Crippen LogP contribution in [0, 0.1) is 5.82 Å². The molecule has 7 nitrogen and oxygen atoms in total. The number of benzene rings is 2. The van der Waals surface area contributed by atoms with Gasteiger partial charge in [0.2, 0.25) is 12.7 Å². The maximum atomic E-state index is 13.2. The lowest BCUT2D eigenvalue weighted by Crippen LogP contribution is -2.28. The van der Waals surface area contributed by atoms with Crippen molar-refractivity contribution in [3.8, 4) is 23.0 Å². The summed E-state index contributed by atoms with van der Waals surface area (Å²) in [4.78, 5) is 18.8. The second kappa shape index (κ2) is 6.88. The molecule has 5 rings (SSSR count). The number of hydrogen-bond donors (Lipinski definition) is 0. The number of hydrogen-bond acceptors (Lipinski definition) is 6. The van der Waals surface area contributed by atoms with Gasteiger partial charge in [0.05, 0.1) is 6.04 Å². The van der Waals surface area contributed by atoms with Crippen LogP contribution in [0.25, 0.3) is 11.5 Å². The molecule has 0 aliphatic carbocycles. The minimum Gasteiger partial charge on any atom is -0.454 e. The molecule has 0 spiro atoms. The first-order valence-electron chi connectivity index (χ1n) is 9.37. The number of amides is 1. The highest BCUT2D eigenvalue weighted by Gasteiger charge is 2.36. The zero-order valence-electron chi connectivity index (χ0n) is 15.7. The molecule has 0 bridgehead atoms. The minimum absolute atomic E-state index is 0.0151. The molecule has 29 heavy (non-hydrogen) atoms. The summed E-state index contributed by atoms with van der Waals surface area (Å²) in [6.07, 6.45) is 0.311. The van der Waals surface area contributed by atoms with Gasteiger partial charge in [0.1, 0.15) is 5.82 Å². The smallest absolute Gasteiger partial charge is 0.258 e. The van der Waals surface area contributed by atoms with E-state index in [1.165, 1.54) is 12.1 Å². The van der Waals surface area contributed by atoms with Gasteiger partial charge < -0.3 is 18.9 Å². The molecule has 2 atom stereocenters. The van der Waals surface area contributed by atoms with Crippen molar-refractivity contribution in [3.63, 3.8) is 0 Å². The van der Waals surface area contributed by atoms with Crippen molar-refractivity contribution < 1.29 is 23.2 Å². The number of likely N-dealkylation sites (tertiary alicyclic amines) is 1. The molecule has 0 saturated carbocycles. The van der Waals surface area contributed by atoms with Crippen LogP contribution in [0.15, 0.2) is 47.0 Å². The van der Waals surface area contributed by atoms with Gasteiger partial charge in [-0.05, 0) is 42.8 Å². The third-order valence-electron chi connectivity index (χ3n) is 5.40. The molecule has 0 N–H and O–H groups in total. The molecule has 1 fully saturated rings. The predicted molar refractivity (Wildman–Crippen MR) is 99.7 cm³/mol. The molecule has 8 heteroatoms. The minimum atomic E-state index is -0.297. The molecule has 1 amide bonds. The van der Waals surface area contributed by atoms with E-state index in [1.807, 2.05) is 13.0 Å². The Bertz CT molecular complexity index is 1070. The summed E-state index contributed by atoms with van der Waals surface area (Å²) in [5.41, 5.74) is 1.61. The van der Waals surface area contributed by atoms with Crippen molar-refractivity contribution in [3.05, 3.63) is 59.7 Å². The largest absolute Gasteiger partial charge is 0.454 e. The van der Waals surface area contributed by atoms with Gasteiger partial charge in [0.25, 0.3) is 5.89 Å². The molecule has 1 saturated heterocycles. The summed E-state index contributed by atoms with van der Waals surface area (Å²) in [6.45, 7) is 2.61. The van der Waals surface area contributed by atoms with Gasteiger partial charge in [-0.2, -0.15) is 4.98 Å². The van der Waals surface area contributed by atoms with Crippen molar-refractivity contribution in [2.75, 3.05) is 13.3 Å². The Kier molecular flexibility index (Phi) is 4.19. The Morgan fingerprint density at radius 2 is 1.93 bits per heavy atom. The van der Waals surface area contributed by atoms with Gasteiger partial charge in [-0.1, -0.05) is 17.3 Å². The fourth-order valence-electron chi connectivity index (χ4n) is 3.75. The van der Waals surface area contributed by atoms with Crippen LogP contribution in [0.1, 0.15) is 36.7 Å². The van der Waals surface area contributed by atoms with Crippen LogP contribution in [0.3, 0.4) is 0 Å². The van der Waals surface area contributed by atoms with E-state index in [1.54, 1.807) is 29.2 Å². The first kappa shape index (κ1) is 17.7. The average Bonchev–Trinajstić information content (AvgIpc) is 3.46. The Labute approximate surface area is 166 Å². The Morgan fingerprint density at radius 1 is 1.14 bits per heavy atom. The first-order valence-corrected chi connectivity index (χ1v) is 9.37. The zero-order chi connectivity index (χ0) is 20.0. The number of fused-ring (bicyclic) bond motifs is 1. The number of carbonyl (C=O) groups excluding carboxylic acids is 1. The third kappa shape index (κ3) is 3.20. The third-order valence-corrected chi connectivity index (χ3v) is 5.40. The van der Waals surface area contributed by atoms with Crippen molar-refractivity contribution in [2.45, 2.75) is 25.3 Å². The van der Waals surface area contributed by atoms with Crippen molar-refractivity contribution in [1.82, 2.24) is 15.0 Å². The Balaban J connectivity index is 1.33. The number of ether oxygens (including phenoxy) is 2. The fourth-order valence-corrected chi connectivity index (χ4v) is 3.75. The maximum Gasteiger partial charge on any atom is 0.258 e. The molecule has 148 valence electrons. The molecule has 1 aromatic heterocycles. The van der Waals surface area contributed by atoms with Crippen LogP contribution in [-0.4, -0.2) is 34.3 Å². The molecule has 2 unspecified atom stereocenters. The maximum absolute atomic E-state index is 13.2. The molecule has 2 aliphatic rings. The molecule has 2 aromatic carbocycles. The summed E-state index contributed by atoms with van der Waals surface area (Å²) in [5.74, 6) is 1.75. The van der Waals surface area contributed by atoms with E-state index in [2.05, 4.69) is 10.1 Å². The molecule has 3 aromatic rings. The van der Waals surface area contributed by atoms with E-state index in [4.69, 9.17) is 14.0 Å². The highest BCUT2D eigenvalue weighted by atomic mass is 19.1. The zero-order valence-corrected chi connectivity index (χ0v) is 15.7. The van der Waals surface area contributed by atoms with Gasteiger partial charge >= 0.3 is 0 Å². The van der Waals surface area contributed by atoms with Crippen LogP contribution in [0.5, 0.6) is 11.5 Å². The molecule has 2 aliphatic heterocycles. The summed E-state index contributed by atoms with van der Waals surface area (Å²) in [6, 6.07) is 11.5. The van der Waals surface area contributed by atoms with Crippen LogP contribution >= 0.6 is 0 Å². The molecular weight excluding hydrogens is 377 g/mol. The highest BCUT2D eigenvalue weighted by molar-refractivity contribution is 5.80. The van der Waals surface area contributed by atoms with Gasteiger partial charge in [-0.15, -0.1) is 0 Å². The Morgan fingerprint density at radius 3 is 2.76 bits per heavy atom. The normalized spacial score (nSPS) is 19.0. The first-order chi connectivity index (χ1) is 14.1. The van der Waals surface area contributed by atoms with Gasteiger partial charge in [-0.25, -0.2) is 4.39 Å². The van der Waals surface area contributed by atoms with Gasteiger partial charge in [-0.3, -0.25) is 4.79 Å². The molecule has 3 heterocycles. The summed E-state index contributed by atoms with van der Waals surface area (Å²) >= 11 is 0. The van der Waals surface area contributed by atoms with Crippen LogP contribution in [-0.2, 0) is 4.79 Å². The highest BCUT2D eigenvalue weighted by Crippen LogP contribution is 2.37. The second-order valence-corrected chi connectivity index (χ2v) is 7.20. The van der Waals surface area contributed by atoms with E-state index < -0.39 is 0 Å². The fraction of sp³-hybridized carbons (Fsp3) is 0.286. The lowest BCUT2D eigenvalue weighted by atomic mass is 10.1. The topological polar surface area (TPSA) is 77.7 Å². The van der Waals surface area contributed by atoms with Crippen LogP contribution in [0.2, 0.25) is 0 Å². The quantitative estimate of drug-likeness (QED) is 0.671. The predicted octanol–water partition coefficient (Wildman–Crippen LogP) is 3.68. The van der Waals surface area contributed by atoms with Gasteiger partial charge in [0, 0.05) is 24.4 Å². The average molecular weight is 395 g/mol. The van der Waals surface area contributed by atoms with Crippen LogP contribution < -0.4 is 9.47 Å². The lowest BCUT2D eigenvalue weighted by molar-refractivity contribution is -0.129. The SMILES string of the molecule is CC(c1ccc(F)cc1)N1CC(c2noc(-c3ccc4c(c3)OCO4)n2)CC1=O. The number of halogens is 1. The van der Waals surface area contributed by atoms with E-state index in [0.717, 1.165) is 11.1 Å². The number of carbonyl (C=O) groups is 1. The molecule has 0 radical (unpaired) electrons. The number of aromatic nitrogens is 2. The second-order valence-electron chi connectivity index (χ2n) is 7.20. The summed E-state index contributed by atoms with van der Waals surface area (Å²) < 4.78 is 29.3. The number of nitrogens with zero attached hydrogens (tertiary/aromatic N) is 3. The summed E-state index contributed by atoms with van der Waals surface area (Å²) in [5, 5.41) is 4.09. The monoisotopic (exact) mass is 395 g/mol.